The number of piperidine rings is 1. The maximum Gasteiger partial charge on any atom is 0.161 e. The number of hydrogen-bond donors (Lipinski definition) is 3. The van der Waals surface area contributed by atoms with Gasteiger partial charge < -0.3 is 20.3 Å². The Morgan fingerprint density at radius 3 is 2.62 bits per heavy atom. The minimum atomic E-state index is -0.136. The molecule has 0 saturated carbocycles. The van der Waals surface area contributed by atoms with Crippen LogP contribution in [0.3, 0.4) is 0 Å². The topological polar surface area (TPSA) is 61.7 Å². The van der Waals surface area contributed by atoms with Crippen molar-refractivity contribution in [3.63, 3.8) is 0 Å². The van der Waals surface area contributed by atoms with Crippen LogP contribution < -0.4 is 10.1 Å². The zero-order valence-electron chi connectivity index (χ0n) is 9.15. The number of benzene rings is 1. The summed E-state index contributed by atoms with van der Waals surface area (Å²) in [4.78, 5) is 0. The maximum atomic E-state index is 9.30. The highest BCUT2D eigenvalue weighted by molar-refractivity contribution is 5.43. The van der Waals surface area contributed by atoms with Gasteiger partial charge in [-0.1, -0.05) is 0 Å². The molecule has 1 aromatic carbocycles. The first-order valence-electron chi connectivity index (χ1n) is 5.61. The predicted molar refractivity (Wildman–Crippen MR) is 60.9 cm³/mol. The van der Waals surface area contributed by atoms with E-state index in [9.17, 15) is 5.11 Å². The molecule has 0 spiro atoms. The summed E-state index contributed by atoms with van der Waals surface area (Å²) in [5.41, 5.74) is 0. The summed E-state index contributed by atoms with van der Waals surface area (Å²) in [5, 5.41) is 21.7. The van der Waals surface area contributed by atoms with Crippen molar-refractivity contribution >= 4 is 0 Å². The van der Waals surface area contributed by atoms with E-state index in [1.54, 1.807) is 6.07 Å². The summed E-state index contributed by atoms with van der Waals surface area (Å²) in [5.74, 6) is 0.933. The van der Waals surface area contributed by atoms with Gasteiger partial charge >= 0.3 is 0 Å². The van der Waals surface area contributed by atoms with E-state index in [4.69, 9.17) is 9.84 Å². The Morgan fingerprint density at radius 2 is 1.94 bits per heavy atom. The Hall–Kier alpha value is -1.42. The lowest BCUT2D eigenvalue weighted by atomic mass is 9.99. The zero-order valence-corrected chi connectivity index (χ0v) is 9.15. The third-order valence-electron chi connectivity index (χ3n) is 2.89. The van der Waals surface area contributed by atoms with E-state index < -0.39 is 0 Å². The Kier molecular flexibility index (Phi) is 3.51. The summed E-state index contributed by atoms with van der Waals surface area (Å²) >= 11 is 0. The predicted octanol–water partition coefficient (Wildman–Crippen LogP) is 1.48. The fraction of sp³-hybridized carbons (Fsp3) is 0.500. The van der Waals surface area contributed by atoms with Crippen LogP contribution in [0, 0.1) is 5.92 Å². The van der Waals surface area contributed by atoms with Crippen molar-refractivity contribution in [2.75, 3.05) is 19.7 Å². The van der Waals surface area contributed by atoms with Gasteiger partial charge in [0.15, 0.2) is 11.5 Å². The van der Waals surface area contributed by atoms with Crippen molar-refractivity contribution in [3.05, 3.63) is 18.2 Å². The molecule has 1 saturated heterocycles. The zero-order chi connectivity index (χ0) is 11.4. The van der Waals surface area contributed by atoms with Gasteiger partial charge in [0.1, 0.15) is 5.75 Å². The van der Waals surface area contributed by atoms with Gasteiger partial charge in [-0.2, -0.15) is 0 Å². The van der Waals surface area contributed by atoms with Crippen molar-refractivity contribution in [3.8, 4) is 17.2 Å². The van der Waals surface area contributed by atoms with Crippen LogP contribution in [0.15, 0.2) is 18.2 Å². The van der Waals surface area contributed by atoms with Gasteiger partial charge in [0.2, 0.25) is 0 Å². The van der Waals surface area contributed by atoms with E-state index in [-0.39, 0.29) is 11.5 Å². The molecular formula is C12H17NO3. The summed E-state index contributed by atoms with van der Waals surface area (Å²) in [6.45, 7) is 2.77. The lowest BCUT2D eigenvalue weighted by Gasteiger charge is -2.22. The monoisotopic (exact) mass is 223 g/mol. The minimum absolute atomic E-state index is 0.116. The van der Waals surface area contributed by atoms with Crippen LogP contribution in [0.4, 0.5) is 0 Å². The van der Waals surface area contributed by atoms with Gasteiger partial charge in [0, 0.05) is 6.07 Å². The molecule has 0 amide bonds. The van der Waals surface area contributed by atoms with Gasteiger partial charge in [-0.05, 0) is 44.0 Å². The standard InChI is InChI=1S/C12H17NO3/c14-11-2-1-10(7-12(11)15)16-8-9-3-5-13-6-4-9/h1-2,7,9,13-15H,3-6,8H2. The van der Waals surface area contributed by atoms with Gasteiger partial charge in [-0.3, -0.25) is 0 Å². The Balaban J connectivity index is 1.86. The molecule has 16 heavy (non-hydrogen) atoms. The van der Waals surface area contributed by atoms with E-state index in [0.29, 0.717) is 18.3 Å². The molecule has 2 rings (SSSR count). The molecule has 3 N–H and O–H groups in total. The third kappa shape index (κ3) is 2.79. The minimum Gasteiger partial charge on any atom is -0.504 e. The largest absolute Gasteiger partial charge is 0.504 e. The number of ether oxygens (including phenoxy) is 1. The van der Waals surface area contributed by atoms with E-state index in [0.717, 1.165) is 25.9 Å². The fourth-order valence-electron chi connectivity index (χ4n) is 1.86. The smallest absolute Gasteiger partial charge is 0.161 e. The first kappa shape index (κ1) is 11.1. The number of phenolic OH excluding ortho intramolecular Hbond substituents is 2. The molecule has 0 atom stereocenters. The van der Waals surface area contributed by atoms with Crippen molar-refractivity contribution < 1.29 is 14.9 Å². The Labute approximate surface area is 94.9 Å². The molecule has 0 unspecified atom stereocenters. The SMILES string of the molecule is Oc1ccc(OCC2CCNCC2)cc1O. The number of nitrogens with one attached hydrogen (secondary N) is 1. The van der Waals surface area contributed by atoms with Crippen LogP contribution in [0.2, 0.25) is 0 Å². The molecule has 0 aromatic heterocycles. The molecule has 1 aliphatic heterocycles. The average Bonchev–Trinajstić information content (AvgIpc) is 2.32. The molecule has 1 fully saturated rings. The Morgan fingerprint density at radius 1 is 1.19 bits per heavy atom. The molecule has 1 heterocycles. The molecule has 4 nitrogen and oxygen atoms in total. The maximum absolute atomic E-state index is 9.30. The second-order valence-electron chi connectivity index (χ2n) is 4.15. The van der Waals surface area contributed by atoms with Gasteiger partial charge in [-0.25, -0.2) is 0 Å². The highest BCUT2D eigenvalue weighted by Gasteiger charge is 2.13. The summed E-state index contributed by atoms with van der Waals surface area (Å²) in [7, 11) is 0. The van der Waals surface area contributed by atoms with Crippen molar-refractivity contribution in [1.29, 1.82) is 0 Å². The highest BCUT2D eigenvalue weighted by Crippen LogP contribution is 2.29. The van der Waals surface area contributed by atoms with Crippen LogP contribution >= 0.6 is 0 Å². The van der Waals surface area contributed by atoms with E-state index in [1.165, 1.54) is 12.1 Å². The average molecular weight is 223 g/mol. The lowest BCUT2D eigenvalue weighted by Crippen LogP contribution is -2.30. The van der Waals surface area contributed by atoms with Gasteiger partial charge in [-0.15, -0.1) is 0 Å². The fourth-order valence-corrected chi connectivity index (χ4v) is 1.86. The van der Waals surface area contributed by atoms with E-state index >= 15 is 0 Å². The van der Waals surface area contributed by atoms with Gasteiger partial charge in [0.25, 0.3) is 0 Å². The molecule has 0 aliphatic carbocycles. The molecule has 1 aliphatic rings. The van der Waals surface area contributed by atoms with E-state index in [2.05, 4.69) is 5.32 Å². The molecule has 1 aromatic rings. The van der Waals surface area contributed by atoms with Crippen LogP contribution in [-0.2, 0) is 0 Å². The number of aromatic hydroxyl groups is 2. The molecular weight excluding hydrogens is 206 g/mol. The van der Waals surface area contributed by atoms with Crippen molar-refractivity contribution in [1.82, 2.24) is 5.32 Å². The molecule has 4 heteroatoms. The highest BCUT2D eigenvalue weighted by atomic mass is 16.5. The van der Waals surface area contributed by atoms with Crippen LogP contribution in [0.5, 0.6) is 17.2 Å². The van der Waals surface area contributed by atoms with Crippen LogP contribution in [-0.4, -0.2) is 29.9 Å². The van der Waals surface area contributed by atoms with Crippen molar-refractivity contribution in [2.24, 2.45) is 5.92 Å². The molecule has 0 bridgehead atoms. The number of rotatable bonds is 3. The number of phenols is 2. The quantitative estimate of drug-likeness (QED) is 0.679. The first-order chi connectivity index (χ1) is 7.75. The lowest BCUT2D eigenvalue weighted by molar-refractivity contribution is 0.214. The van der Waals surface area contributed by atoms with E-state index in [1.807, 2.05) is 0 Å². The Bertz CT molecular complexity index is 348. The van der Waals surface area contributed by atoms with Gasteiger partial charge in [0.05, 0.1) is 6.61 Å². The first-order valence-corrected chi connectivity index (χ1v) is 5.61. The second-order valence-corrected chi connectivity index (χ2v) is 4.15. The van der Waals surface area contributed by atoms with Crippen molar-refractivity contribution in [2.45, 2.75) is 12.8 Å². The summed E-state index contributed by atoms with van der Waals surface area (Å²) in [6, 6.07) is 4.54. The molecule has 88 valence electrons. The normalized spacial score (nSPS) is 17.2. The van der Waals surface area contributed by atoms with Crippen LogP contribution in [0.25, 0.3) is 0 Å². The summed E-state index contributed by atoms with van der Waals surface area (Å²) < 4.78 is 5.58. The molecule has 0 radical (unpaired) electrons. The second kappa shape index (κ2) is 5.07. The van der Waals surface area contributed by atoms with Crippen LogP contribution in [0.1, 0.15) is 12.8 Å². The number of hydrogen-bond acceptors (Lipinski definition) is 4. The summed E-state index contributed by atoms with van der Waals surface area (Å²) in [6.07, 6.45) is 2.26. The third-order valence-corrected chi connectivity index (χ3v) is 2.89.